The highest BCUT2D eigenvalue weighted by Crippen LogP contribution is 2.53. The summed E-state index contributed by atoms with van der Waals surface area (Å²) in [6.45, 7) is 2.32. The second-order valence-corrected chi connectivity index (χ2v) is 8.63. The van der Waals surface area contributed by atoms with Crippen LogP contribution in [0.15, 0.2) is 0 Å². The number of alkyl halides is 1. The maximum absolute atomic E-state index is 6.41. The molecule has 3 saturated carbocycles. The van der Waals surface area contributed by atoms with E-state index < -0.39 is 0 Å². The molecule has 0 amide bonds. The Morgan fingerprint density at radius 1 is 0.800 bits per heavy atom. The minimum absolute atomic E-state index is 0.498. The predicted molar refractivity (Wildman–Crippen MR) is 88.2 cm³/mol. The molecule has 116 valence electrons. The summed E-state index contributed by atoms with van der Waals surface area (Å²) in [5.41, 5.74) is 0. The molecule has 1 heteroatoms. The summed E-state index contributed by atoms with van der Waals surface area (Å²) in [5, 5.41) is 0.498. The fourth-order valence-corrected chi connectivity index (χ4v) is 6.13. The molecule has 0 nitrogen and oxygen atoms in total. The first-order valence-electron chi connectivity index (χ1n) is 9.42. The molecule has 20 heavy (non-hydrogen) atoms. The van der Waals surface area contributed by atoms with Gasteiger partial charge in [0, 0.05) is 5.38 Å². The van der Waals surface area contributed by atoms with Crippen molar-refractivity contribution >= 4 is 11.6 Å². The van der Waals surface area contributed by atoms with Crippen molar-refractivity contribution in [1.82, 2.24) is 0 Å². The van der Waals surface area contributed by atoms with Gasteiger partial charge in [-0.3, -0.25) is 0 Å². The zero-order valence-electron chi connectivity index (χ0n) is 13.3. The predicted octanol–water partition coefficient (Wildman–Crippen LogP) is 6.42. The van der Waals surface area contributed by atoms with Crippen molar-refractivity contribution in [2.45, 2.75) is 89.4 Å². The van der Waals surface area contributed by atoms with E-state index >= 15 is 0 Å². The largest absolute Gasteiger partial charge is 0.123 e. The summed E-state index contributed by atoms with van der Waals surface area (Å²) in [7, 11) is 0. The second kappa shape index (κ2) is 7.03. The summed E-state index contributed by atoms with van der Waals surface area (Å²) in [4.78, 5) is 0. The van der Waals surface area contributed by atoms with Gasteiger partial charge in [-0.15, -0.1) is 11.6 Å². The zero-order chi connectivity index (χ0) is 13.9. The Balaban J connectivity index is 1.52. The number of hydrogen-bond donors (Lipinski definition) is 0. The third kappa shape index (κ3) is 3.37. The highest BCUT2D eigenvalue weighted by molar-refractivity contribution is 6.20. The average Bonchev–Trinajstić information content (AvgIpc) is 2.47. The molecule has 6 atom stereocenters. The first-order chi connectivity index (χ1) is 9.78. The van der Waals surface area contributed by atoms with E-state index in [-0.39, 0.29) is 0 Å². The molecular formula is C19H33Cl. The fraction of sp³-hybridized carbons (Fsp3) is 1.00. The highest BCUT2D eigenvalue weighted by atomic mass is 35.5. The molecule has 0 heterocycles. The van der Waals surface area contributed by atoms with E-state index in [9.17, 15) is 0 Å². The third-order valence-corrected chi connectivity index (χ3v) is 7.20. The van der Waals surface area contributed by atoms with Gasteiger partial charge in [0.25, 0.3) is 0 Å². The Kier molecular flexibility index (Phi) is 5.34. The number of fused-ring (bicyclic) bond motifs is 3. The Hall–Kier alpha value is 0.290. The lowest BCUT2D eigenvalue weighted by atomic mass is 9.56. The van der Waals surface area contributed by atoms with Gasteiger partial charge >= 0.3 is 0 Å². The standard InChI is InChI=1S/C19H33Cl/c1-2-3-4-5-14-6-10-18-15(12-14)7-8-16-13-17(20)9-11-19(16)18/h14-19H,2-13H2,1H3/t14-,15?,16?,17-,18?,19?/m1/s1. The van der Waals surface area contributed by atoms with Crippen LogP contribution in [0.2, 0.25) is 0 Å². The lowest BCUT2D eigenvalue weighted by Crippen LogP contribution is -2.41. The van der Waals surface area contributed by atoms with Crippen LogP contribution in [-0.2, 0) is 0 Å². The molecule has 0 bridgehead atoms. The van der Waals surface area contributed by atoms with Gasteiger partial charge in [-0.1, -0.05) is 39.0 Å². The van der Waals surface area contributed by atoms with Crippen molar-refractivity contribution in [3.8, 4) is 0 Å². The van der Waals surface area contributed by atoms with E-state index in [0.717, 1.165) is 29.6 Å². The topological polar surface area (TPSA) is 0 Å². The van der Waals surface area contributed by atoms with Crippen LogP contribution in [0.25, 0.3) is 0 Å². The van der Waals surface area contributed by atoms with Crippen molar-refractivity contribution in [3.05, 3.63) is 0 Å². The normalized spacial score (nSPS) is 44.7. The Morgan fingerprint density at radius 2 is 1.50 bits per heavy atom. The Bertz CT molecular complexity index is 300. The monoisotopic (exact) mass is 296 g/mol. The molecule has 4 unspecified atom stereocenters. The van der Waals surface area contributed by atoms with Crippen LogP contribution in [0.3, 0.4) is 0 Å². The second-order valence-electron chi connectivity index (χ2n) is 8.01. The van der Waals surface area contributed by atoms with E-state index in [1.807, 2.05) is 0 Å². The van der Waals surface area contributed by atoms with Gasteiger partial charge in [-0.25, -0.2) is 0 Å². The molecule has 3 rings (SSSR count). The summed E-state index contributed by atoms with van der Waals surface area (Å²) in [6, 6.07) is 0. The molecule has 0 aromatic carbocycles. The number of hydrogen-bond acceptors (Lipinski definition) is 0. The van der Waals surface area contributed by atoms with Crippen molar-refractivity contribution in [2.75, 3.05) is 0 Å². The van der Waals surface area contributed by atoms with Crippen LogP contribution in [0.1, 0.15) is 84.0 Å². The van der Waals surface area contributed by atoms with Crippen molar-refractivity contribution in [1.29, 1.82) is 0 Å². The lowest BCUT2D eigenvalue weighted by Gasteiger charge is -2.50. The SMILES string of the molecule is CCCCC[C@@H]1CCC2C(CCC3C[C@H](Cl)CCC32)C1. The molecule has 0 aromatic rings. The smallest absolute Gasteiger partial charge is 0.0338 e. The number of unbranched alkanes of at least 4 members (excludes halogenated alkanes) is 2. The highest BCUT2D eigenvalue weighted by Gasteiger charge is 2.44. The first-order valence-corrected chi connectivity index (χ1v) is 9.85. The molecule has 3 aliphatic carbocycles. The van der Waals surface area contributed by atoms with Crippen LogP contribution < -0.4 is 0 Å². The van der Waals surface area contributed by atoms with Gasteiger partial charge < -0.3 is 0 Å². The molecular weight excluding hydrogens is 264 g/mol. The van der Waals surface area contributed by atoms with E-state index in [4.69, 9.17) is 11.6 Å². The van der Waals surface area contributed by atoms with Gasteiger partial charge in [0.2, 0.25) is 0 Å². The maximum atomic E-state index is 6.41. The van der Waals surface area contributed by atoms with Crippen LogP contribution in [0, 0.1) is 29.6 Å². The van der Waals surface area contributed by atoms with Gasteiger partial charge in [-0.2, -0.15) is 0 Å². The van der Waals surface area contributed by atoms with Crippen molar-refractivity contribution < 1.29 is 0 Å². The van der Waals surface area contributed by atoms with Gasteiger partial charge in [0.05, 0.1) is 0 Å². The quantitative estimate of drug-likeness (QED) is 0.415. The number of rotatable bonds is 4. The minimum Gasteiger partial charge on any atom is -0.123 e. The van der Waals surface area contributed by atoms with E-state index in [0.29, 0.717) is 5.38 Å². The zero-order valence-corrected chi connectivity index (χ0v) is 14.1. The summed E-state index contributed by atoms with van der Waals surface area (Å²) in [6.07, 6.45) is 17.6. The minimum atomic E-state index is 0.498. The van der Waals surface area contributed by atoms with Crippen molar-refractivity contribution in [3.63, 3.8) is 0 Å². The molecule has 3 aliphatic rings. The van der Waals surface area contributed by atoms with Crippen LogP contribution >= 0.6 is 11.6 Å². The Morgan fingerprint density at radius 3 is 2.25 bits per heavy atom. The molecule has 0 radical (unpaired) electrons. The molecule has 0 N–H and O–H groups in total. The molecule has 0 aromatic heterocycles. The molecule has 0 aliphatic heterocycles. The van der Waals surface area contributed by atoms with E-state index in [1.165, 1.54) is 57.8 Å². The fourth-order valence-electron chi connectivity index (χ4n) is 5.78. The maximum Gasteiger partial charge on any atom is 0.0338 e. The van der Waals surface area contributed by atoms with E-state index in [1.54, 1.807) is 19.3 Å². The van der Waals surface area contributed by atoms with E-state index in [2.05, 4.69) is 6.92 Å². The van der Waals surface area contributed by atoms with Gasteiger partial charge in [-0.05, 0) is 74.5 Å². The lowest BCUT2D eigenvalue weighted by molar-refractivity contribution is 0.0110. The van der Waals surface area contributed by atoms with Crippen LogP contribution in [0.5, 0.6) is 0 Å². The first kappa shape index (κ1) is 15.2. The molecule has 3 fully saturated rings. The summed E-state index contributed by atoms with van der Waals surface area (Å²) in [5.74, 6) is 5.29. The summed E-state index contributed by atoms with van der Waals surface area (Å²) < 4.78 is 0. The average molecular weight is 297 g/mol. The number of halogens is 1. The summed E-state index contributed by atoms with van der Waals surface area (Å²) >= 11 is 6.41. The van der Waals surface area contributed by atoms with Crippen LogP contribution in [-0.4, -0.2) is 5.38 Å². The molecule has 0 saturated heterocycles. The van der Waals surface area contributed by atoms with Gasteiger partial charge in [0.15, 0.2) is 0 Å². The van der Waals surface area contributed by atoms with Crippen LogP contribution in [0.4, 0.5) is 0 Å². The third-order valence-electron chi connectivity index (χ3n) is 6.80. The van der Waals surface area contributed by atoms with Crippen molar-refractivity contribution in [2.24, 2.45) is 29.6 Å². The van der Waals surface area contributed by atoms with Gasteiger partial charge in [0.1, 0.15) is 0 Å². The molecule has 0 spiro atoms. The Labute approximate surface area is 131 Å².